The molecule has 3 aromatic carbocycles. The fourth-order valence-electron chi connectivity index (χ4n) is 6.85. The van der Waals surface area contributed by atoms with E-state index in [1.807, 2.05) is 29.2 Å². The Balaban J connectivity index is 1.03. The molecule has 4 amide bonds. The number of fused-ring (bicyclic) bond motifs is 3. The second-order valence-corrected chi connectivity index (χ2v) is 11.8. The summed E-state index contributed by atoms with van der Waals surface area (Å²) >= 11 is 6.10. The van der Waals surface area contributed by atoms with Crippen LogP contribution in [0.25, 0.3) is 11.1 Å². The van der Waals surface area contributed by atoms with Gasteiger partial charge in [0.15, 0.2) is 0 Å². The van der Waals surface area contributed by atoms with Crippen LogP contribution in [0.3, 0.4) is 0 Å². The molecule has 0 saturated carbocycles. The third-order valence-electron chi connectivity index (χ3n) is 8.93. The highest BCUT2D eigenvalue weighted by atomic mass is 35.5. The van der Waals surface area contributed by atoms with Crippen molar-refractivity contribution in [2.45, 2.75) is 50.5 Å². The van der Waals surface area contributed by atoms with E-state index in [0.29, 0.717) is 30.1 Å². The Morgan fingerprint density at radius 1 is 0.927 bits per heavy atom. The number of amides is 4. The molecule has 3 atom stereocenters. The molecule has 0 radical (unpaired) electrons. The summed E-state index contributed by atoms with van der Waals surface area (Å²) in [5.41, 5.74) is 5.41. The number of benzene rings is 3. The summed E-state index contributed by atoms with van der Waals surface area (Å²) in [5, 5.41) is 3.04. The van der Waals surface area contributed by atoms with Gasteiger partial charge in [0, 0.05) is 60.8 Å². The maximum Gasteiger partial charge on any atom is 0.255 e. The van der Waals surface area contributed by atoms with Crippen LogP contribution >= 0.6 is 11.6 Å². The van der Waals surface area contributed by atoms with E-state index in [0.717, 1.165) is 35.7 Å². The molecule has 8 nitrogen and oxygen atoms in total. The Morgan fingerprint density at radius 3 is 2.49 bits per heavy atom. The first kappa shape index (κ1) is 25.9. The minimum Gasteiger partial charge on any atom is -0.333 e. The molecule has 41 heavy (non-hydrogen) atoms. The van der Waals surface area contributed by atoms with Crippen molar-refractivity contribution in [3.63, 3.8) is 0 Å². The Hall–Kier alpha value is -4.01. The van der Waals surface area contributed by atoms with Gasteiger partial charge in [-0.2, -0.15) is 0 Å². The average molecular weight is 569 g/mol. The van der Waals surface area contributed by atoms with Gasteiger partial charge in [-0.05, 0) is 65.4 Å². The van der Waals surface area contributed by atoms with Crippen molar-refractivity contribution >= 4 is 35.2 Å². The Morgan fingerprint density at radius 2 is 1.73 bits per heavy atom. The van der Waals surface area contributed by atoms with Crippen LogP contribution in [0.4, 0.5) is 0 Å². The number of nitrogens with one attached hydrogen (secondary N) is 1. The van der Waals surface area contributed by atoms with E-state index in [4.69, 9.17) is 11.6 Å². The Kier molecular flexibility index (Phi) is 6.40. The Labute approximate surface area is 242 Å². The third-order valence-corrected chi connectivity index (χ3v) is 9.18. The van der Waals surface area contributed by atoms with Crippen LogP contribution in [0.15, 0.2) is 66.7 Å². The molecule has 2 bridgehead atoms. The van der Waals surface area contributed by atoms with Gasteiger partial charge in [0.05, 0.1) is 0 Å². The van der Waals surface area contributed by atoms with Crippen molar-refractivity contribution in [1.29, 1.82) is 0 Å². The number of halogens is 1. The molecule has 3 aromatic rings. The topological polar surface area (TPSA) is 90.0 Å². The maximum absolute atomic E-state index is 13.6. The summed E-state index contributed by atoms with van der Waals surface area (Å²) in [4.78, 5) is 56.5. The first-order chi connectivity index (χ1) is 19.9. The summed E-state index contributed by atoms with van der Waals surface area (Å²) < 4.78 is 0. The van der Waals surface area contributed by atoms with E-state index < -0.39 is 11.9 Å². The lowest BCUT2D eigenvalue weighted by Gasteiger charge is -2.34. The second-order valence-electron chi connectivity index (χ2n) is 11.4. The fraction of sp³-hybridized carbons (Fsp3) is 0.312. The highest BCUT2D eigenvalue weighted by molar-refractivity contribution is 6.30. The molecule has 7 rings (SSSR count). The summed E-state index contributed by atoms with van der Waals surface area (Å²) in [5.74, 6) is -1.00. The first-order valence-corrected chi connectivity index (χ1v) is 14.4. The second kappa shape index (κ2) is 10.1. The van der Waals surface area contributed by atoms with E-state index in [-0.39, 0.29) is 36.7 Å². The number of likely N-dealkylation sites (tertiary alicyclic amines) is 2. The monoisotopic (exact) mass is 568 g/mol. The van der Waals surface area contributed by atoms with Crippen molar-refractivity contribution in [2.75, 3.05) is 13.1 Å². The summed E-state index contributed by atoms with van der Waals surface area (Å²) in [6.07, 6.45) is 1.47. The van der Waals surface area contributed by atoms with Crippen LogP contribution in [0.5, 0.6) is 0 Å². The number of piperazine rings is 1. The quantitative estimate of drug-likeness (QED) is 0.472. The number of carbonyl (C=O) groups excluding carboxylic acids is 4. The van der Waals surface area contributed by atoms with E-state index in [1.54, 1.807) is 18.2 Å². The van der Waals surface area contributed by atoms with Gasteiger partial charge in [0.1, 0.15) is 6.04 Å². The molecular formula is C32H29ClN4O4. The van der Waals surface area contributed by atoms with E-state index in [9.17, 15) is 19.2 Å². The molecule has 0 aliphatic carbocycles. The van der Waals surface area contributed by atoms with Gasteiger partial charge in [-0.1, -0.05) is 48.0 Å². The highest BCUT2D eigenvalue weighted by Crippen LogP contribution is 2.36. The molecule has 208 valence electrons. The lowest BCUT2D eigenvalue weighted by Crippen LogP contribution is -2.52. The van der Waals surface area contributed by atoms with Crippen molar-refractivity contribution in [1.82, 2.24) is 20.0 Å². The number of hydrogen-bond donors (Lipinski definition) is 1. The van der Waals surface area contributed by atoms with Crippen LogP contribution in [0.1, 0.15) is 51.1 Å². The van der Waals surface area contributed by atoms with Crippen LogP contribution in [-0.4, -0.2) is 69.5 Å². The van der Waals surface area contributed by atoms with Crippen molar-refractivity contribution < 1.29 is 19.2 Å². The summed E-state index contributed by atoms with van der Waals surface area (Å²) in [7, 11) is 0. The predicted octanol–water partition coefficient (Wildman–Crippen LogP) is 3.87. The number of piperidine rings is 1. The van der Waals surface area contributed by atoms with Crippen molar-refractivity contribution in [3.05, 3.63) is 94.0 Å². The maximum atomic E-state index is 13.6. The molecule has 3 saturated heterocycles. The number of carbonyl (C=O) groups is 4. The molecule has 1 unspecified atom stereocenters. The first-order valence-electron chi connectivity index (χ1n) is 14.0. The van der Waals surface area contributed by atoms with Crippen LogP contribution < -0.4 is 5.32 Å². The largest absolute Gasteiger partial charge is 0.333 e. The van der Waals surface area contributed by atoms with Gasteiger partial charge >= 0.3 is 0 Å². The van der Waals surface area contributed by atoms with Crippen LogP contribution in [0, 0.1) is 0 Å². The minimum absolute atomic E-state index is 0.0200. The minimum atomic E-state index is -0.670. The van der Waals surface area contributed by atoms with Crippen LogP contribution in [-0.2, 0) is 22.7 Å². The van der Waals surface area contributed by atoms with Gasteiger partial charge in [0.2, 0.25) is 11.8 Å². The number of hydrogen-bond acceptors (Lipinski definition) is 5. The van der Waals surface area contributed by atoms with Gasteiger partial charge in [-0.15, -0.1) is 0 Å². The third kappa shape index (κ3) is 4.61. The molecule has 4 heterocycles. The number of nitrogens with zero attached hydrogens (tertiary/aromatic N) is 3. The normalized spacial score (nSPS) is 23.7. The molecule has 4 aliphatic rings. The molecule has 0 aromatic heterocycles. The van der Waals surface area contributed by atoms with Gasteiger partial charge in [-0.25, -0.2) is 0 Å². The fourth-order valence-corrected chi connectivity index (χ4v) is 6.98. The SMILES string of the molecule is O=C1CCC(N2Cc3cc(C(=O)N4C[C@H]5C[C@@H]4CN5Cc4ccccc4-c4ccc(Cl)cc4)ccc3C2=O)C(=O)N1. The number of rotatable bonds is 5. The summed E-state index contributed by atoms with van der Waals surface area (Å²) in [6.45, 7) is 2.57. The van der Waals surface area contributed by atoms with Crippen LogP contribution in [0.2, 0.25) is 5.02 Å². The van der Waals surface area contributed by atoms with Crippen molar-refractivity contribution in [3.8, 4) is 11.1 Å². The van der Waals surface area contributed by atoms with Gasteiger partial charge in [0.25, 0.3) is 11.8 Å². The van der Waals surface area contributed by atoms with Gasteiger partial charge < -0.3 is 9.80 Å². The zero-order chi connectivity index (χ0) is 28.2. The molecule has 1 N–H and O–H groups in total. The molecular weight excluding hydrogens is 540 g/mol. The standard InChI is InChI=1S/C32H29ClN4O4/c33-23-8-5-19(6-9-23)26-4-2-1-3-21(26)15-35-17-25-14-24(35)18-36(25)31(40)20-7-10-27-22(13-20)16-37(32(27)41)28-11-12-29(38)34-30(28)39/h1-10,13,24-25,28H,11-12,14-18H2,(H,34,38,39)/t24-,25-,28?/m1/s1. The van der Waals surface area contributed by atoms with E-state index in [1.165, 1.54) is 16.0 Å². The van der Waals surface area contributed by atoms with E-state index >= 15 is 0 Å². The lowest BCUT2D eigenvalue weighted by molar-refractivity contribution is -0.136. The lowest BCUT2D eigenvalue weighted by atomic mass is 9.99. The zero-order valence-corrected chi connectivity index (χ0v) is 23.1. The molecule has 4 aliphatic heterocycles. The highest BCUT2D eigenvalue weighted by Gasteiger charge is 2.46. The average Bonchev–Trinajstić information content (AvgIpc) is 3.66. The van der Waals surface area contributed by atoms with Gasteiger partial charge in [-0.3, -0.25) is 29.4 Å². The predicted molar refractivity (Wildman–Crippen MR) is 153 cm³/mol. The zero-order valence-electron chi connectivity index (χ0n) is 22.4. The summed E-state index contributed by atoms with van der Waals surface area (Å²) in [6, 6.07) is 21.3. The number of imide groups is 1. The smallest absolute Gasteiger partial charge is 0.255 e. The molecule has 9 heteroatoms. The van der Waals surface area contributed by atoms with E-state index in [2.05, 4.69) is 34.5 Å². The molecule has 0 spiro atoms. The molecule has 3 fully saturated rings. The Bertz CT molecular complexity index is 1590. The van der Waals surface area contributed by atoms with Crippen molar-refractivity contribution in [2.24, 2.45) is 0 Å².